The molecule has 112 valence electrons. The Labute approximate surface area is 119 Å². The summed E-state index contributed by atoms with van der Waals surface area (Å²) in [6.45, 7) is 1.88. The Morgan fingerprint density at radius 3 is 2.50 bits per heavy atom. The molecule has 0 spiro atoms. The van der Waals surface area contributed by atoms with Gasteiger partial charge >= 0.3 is 5.97 Å². The molecule has 0 aliphatic heterocycles. The third kappa shape index (κ3) is 3.62. The minimum atomic E-state index is -3.44. The van der Waals surface area contributed by atoms with Crippen LogP contribution in [0, 0.1) is 5.92 Å². The fourth-order valence-corrected chi connectivity index (χ4v) is 3.11. The summed E-state index contributed by atoms with van der Waals surface area (Å²) in [5, 5.41) is -0.213. The van der Waals surface area contributed by atoms with E-state index >= 15 is 0 Å². The smallest absolute Gasteiger partial charge is 0.374 e. The number of rotatable bonds is 4. The lowest BCUT2D eigenvalue weighted by molar-refractivity contribution is 0.0104. The molecule has 1 aromatic heterocycles. The van der Waals surface area contributed by atoms with Crippen LogP contribution in [0.1, 0.15) is 49.6 Å². The summed E-state index contributed by atoms with van der Waals surface area (Å²) in [5.41, 5.74) is 0. The molecule has 1 aliphatic rings. The Balaban J connectivity index is 1.99. The fraction of sp³-hybridized carbons (Fsp3) is 0.643. The first-order chi connectivity index (χ1) is 9.38. The van der Waals surface area contributed by atoms with Gasteiger partial charge in [-0.15, -0.1) is 0 Å². The van der Waals surface area contributed by atoms with E-state index in [-0.39, 0.29) is 17.0 Å². The van der Waals surface area contributed by atoms with Crippen LogP contribution < -0.4 is 0 Å². The normalized spacial score (nSPS) is 18.7. The molecule has 1 heterocycles. The molecule has 6 heteroatoms. The maximum atomic E-state index is 11.9. The lowest BCUT2D eigenvalue weighted by Gasteiger charge is -2.26. The Bertz CT molecular complexity index is 566. The number of hydrogen-bond donors (Lipinski definition) is 0. The second-order valence-electron chi connectivity index (χ2n) is 5.40. The minimum Gasteiger partial charge on any atom is -0.457 e. The number of carbonyl (C=O) groups excluding carboxylic acids is 1. The molecule has 0 N–H and O–H groups in total. The van der Waals surface area contributed by atoms with Gasteiger partial charge in [0.2, 0.25) is 20.7 Å². The molecular formula is C14H20O5S. The van der Waals surface area contributed by atoms with E-state index in [1.54, 1.807) is 0 Å². The van der Waals surface area contributed by atoms with Crippen LogP contribution in [0.4, 0.5) is 0 Å². The standard InChI is InChI=1S/C14H20O5S/c1-10(11-6-4-3-5-7-11)18-14(15)12-8-9-13(19-12)20(2,16)17/h8-11H,3-7H2,1-2H3/t10-/m1/s1. The number of sulfone groups is 1. The average molecular weight is 300 g/mol. The first kappa shape index (κ1) is 15.1. The SMILES string of the molecule is C[C@@H](OC(=O)c1ccc(S(C)(=O)=O)o1)C1CCCCC1. The maximum absolute atomic E-state index is 11.9. The average Bonchev–Trinajstić information content (AvgIpc) is 2.89. The highest BCUT2D eigenvalue weighted by molar-refractivity contribution is 7.90. The quantitative estimate of drug-likeness (QED) is 0.799. The summed E-state index contributed by atoms with van der Waals surface area (Å²) < 4.78 is 33.0. The molecule has 20 heavy (non-hydrogen) atoms. The Hall–Kier alpha value is -1.30. The molecule has 1 saturated carbocycles. The number of furan rings is 1. The molecule has 1 atom stereocenters. The van der Waals surface area contributed by atoms with Gasteiger partial charge in [0.05, 0.1) is 0 Å². The molecule has 1 aliphatic carbocycles. The van der Waals surface area contributed by atoms with E-state index in [1.807, 2.05) is 6.92 Å². The van der Waals surface area contributed by atoms with Gasteiger partial charge in [-0.1, -0.05) is 19.3 Å². The summed E-state index contributed by atoms with van der Waals surface area (Å²) in [5.74, 6) is -0.275. The van der Waals surface area contributed by atoms with Gasteiger partial charge in [0, 0.05) is 6.26 Å². The topological polar surface area (TPSA) is 73.6 Å². The summed E-state index contributed by atoms with van der Waals surface area (Å²) >= 11 is 0. The van der Waals surface area contributed by atoms with Gasteiger partial charge in [0.1, 0.15) is 6.10 Å². The number of esters is 1. The van der Waals surface area contributed by atoms with Crippen molar-refractivity contribution in [3.63, 3.8) is 0 Å². The van der Waals surface area contributed by atoms with E-state index in [1.165, 1.54) is 31.4 Å². The van der Waals surface area contributed by atoms with Crippen LogP contribution in [0.25, 0.3) is 0 Å². The monoisotopic (exact) mass is 300 g/mol. The number of carbonyl (C=O) groups is 1. The second-order valence-corrected chi connectivity index (χ2v) is 7.35. The van der Waals surface area contributed by atoms with Crippen molar-refractivity contribution in [2.24, 2.45) is 5.92 Å². The molecule has 0 unspecified atom stereocenters. The molecule has 0 saturated heterocycles. The predicted octanol–water partition coefficient (Wildman–Crippen LogP) is 2.81. The third-order valence-corrected chi connectivity index (χ3v) is 4.70. The van der Waals surface area contributed by atoms with Crippen LogP contribution in [-0.2, 0) is 14.6 Å². The van der Waals surface area contributed by atoms with Crippen LogP contribution in [0.5, 0.6) is 0 Å². The Morgan fingerprint density at radius 1 is 1.30 bits per heavy atom. The molecule has 0 amide bonds. The van der Waals surface area contributed by atoms with Gasteiger partial charge in [0.15, 0.2) is 0 Å². The molecule has 5 nitrogen and oxygen atoms in total. The molecular weight excluding hydrogens is 280 g/mol. The van der Waals surface area contributed by atoms with Gasteiger partial charge in [-0.2, -0.15) is 0 Å². The van der Waals surface area contributed by atoms with Crippen LogP contribution in [-0.4, -0.2) is 26.7 Å². The largest absolute Gasteiger partial charge is 0.457 e. The zero-order valence-corrected chi connectivity index (χ0v) is 12.6. The van der Waals surface area contributed by atoms with Crippen molar-refractivity contribution >= 4 is 15.8 Å². The van der Waals surface area contributed by atoms with Crippen LogP contribution in [0.15, 0.2) is 21.6 Å². The van der Waals surface area contributed by atoms with Crippen molar-refractivity contribution in [3.05, 3.63) is 17.9 Å². The summed E-state index contributed by atoms with van der Waals surface area (Å²) in [6, 6.07) is 2.61. The molecule has 0 bridgehead atoms. The molecule has 2 rings (SSSR count). The second kappa shape index (κ2) is 5.99. The van der Waals surface area contributed by atoms with Crippen LogP contribution in [0.3, 0.4) is 0 Å². The Kier molecular flexibility index (Phi) is 4.52. The van der Waals surface area contributed by atoms with Crippen molar-refractivity contribution in [2.45, 2.75) is 50.2 Å². The first-order valence-corrected chi connectivity index (χ1v) is 8.78. The van der Waals surface area contributed by atoms with Crippen molar-refractivity contribution in [1.82, 2.24) is 0 Å². The predicted molar refractivity (Wildman–Crippen MR) is 73.3 cm³/mol. The van der Waals surface area contributed by atoms with Gasteiger partial charge in [-0.25, -0.2) is 13.2 Å². The van der Waals surface area contributed by atoms with Crippen LogP contribution >= 0.6 is 0 Å². The van der Waals surface area contributed by atoms with Gasteiger partial charge in [0.25, 0.3) is 0 Å². The Morgan fingerprint density at radius 2 is 1.95 bits per heavy atom. The molecule has 1 aromatic rings. The van der Waals surface area contributed by atoms with E-state index in [9.17, 15) is 13.2 Å². The van der Waals surface area contributed by atoms with Gasteiger partial charge in [-0.05, 0) is 37.8 Å². The number of hydrogen-bond acceptors (Lipinski definition) is 5. The lowest BCUT2D eigenvalue weighted by atomic mass is 9.86. The zero-order chi connectivity index (χ0) is 14.8. The highest BCUT2D eigenvalue weighted by Crippen LogP contribution is 2.28. The van der Waals surface area contributed by atoms with Crippen molar-refractivity contribution in [2.75, 3.05) is 6.26 Å². The highest BCUT2D eigenvalue weighted by Gasteiger charge is 2.25. The summed E-state index contributed by atoms with van der Waals surface area (Å²) in [6.07, 6.45) is 6.59. The first-order valence-electron chi connectivity index (χ1n) is 6.89. The van der Waals surface area contributed by atoms with Gasteiger partial charge in [-0.3, -0.25) is 0 Å². The minimum absolute atomic E-state index is 0.0620. The van der Waals surface area contributed by atoms with Crippen molar-refractivity contribution in [1.29, 1.82) is 0 Å². The zero-order valence-electron chi connectivity index (χ0n) is 11.8. The van der Waals surface area contributed by atoms with E-state index in [4.69, 9.17) is 9.15 Å². The van der Waals surface area contributed by atoms with Gasteiger partial charge < -0.3 is 9.15 Å². The number of ether oxygens (including phenoxy) is 1. The molecule has 0 aromatic carbocycles. The highest BCUT2D eigenvalue weighted by atomic mass is 32.2. The van der Waals surface area contributed by atoms with E-state index in [2.05, 4.69) is 0 Å². The third-order valence-electron chi connectivity index (χ3n) is 3.75. The van der Waals surface area contributed by atoms with Crippen LogP contribution in [0.2, 0.25) is 0 Å². The molecule has 0 radical (unpaired) electrons. The van der Waals surface area contributed by atoms with E-state index in [0.29, 0.717) is 5.92 Å². The summed E-state index contributed by atoms with van der Waals surface area (Å²) in [4.78, 5) is 11.9. The lowest BCUT2D eigenvalue weighted by Crippen LogP contribution is -2.25. The van der Waals surface area contributed by atoms with E-state index in [0.717, 1.165) is 19.1 Å². The van der Waals surface area contributed by atoms with Crippen molar-refractivity contribution in [3.8, 4) is 0 Å². The fourth-order valence-electron chi connectivity index (χ4n) is 2.56. The maximum Gasteiger partial charge on any atom is 0.374 e. The van der Waals surface area contributed by atoms with Crippen molar-refractivity contribution < 1.29 is 22.4 Å². The summed E-state index contributed by atoms with van der Waals surface area (Å²) in [7, 11) is -3.44. The molecule has 1 fully saturated rings. The van der Waals surface area contributed by atoms with E-state index < -0.39 is 15.8 Å².